The van der Waals surface area contributed by atoms with E-state index in [0.717, 1.165) is 38.8 Å². The number of hydrogen-bond donors (Lipinski definition) is 3. The van der Waals surface area contributed by atoms with Crippen LogP contribution in [0.4, 0.5) is 0 Å². The molecule has 0 aliphatic heterocycles. The predicted molar refractivity (Wildman–Crippen MR) is 101 cm³/mol. The predicted octanol–water partition coefficient (Wildman–Crippen LogP) is 2.99. The second-order valence-electron chi connectivity index (χ2n) is 8.58. The summed E-state index contributed by atoms with van der Waals surface area (Å²) in [6.45, 7) is 13.8. The summed E-state index contributed by atoms with van der Waals surface area (Å²) in [6.07, 6.45) is 6.72. The third kappa shape index (κ3) is 14.5. The van der Waals surface area contributed by atoms with E-state index >= 15 is 0 Å². The lowest BCUT2D eigenvalue weighted by molar-refractivity contribution is -0.128. The van der Waals surface area contributed by atoms with Crippen LogP contribution in [0.1, 0.15) is 80.1 Å². The molecule has 0 fully saturated rings. The molecule has 0 aromatic carbocycles. The van der Waals surface area contributed by atoms with Crippen LogP contribution >= 0.6 is 0 Å². The Kier molecular flexibility index (Phi) is 10.9. The van der Waals surface area contributed by atoms with Crippen molar-refractivity contribution in [2.24, 2.45) is 5.41 Å². The number of amides is 2. The zero-order chi connectivity index (χ0) is 18.6. The van der Waals surface area contributed by atoms with Gasteiger partial charge in [-0.15, -0.1) is 0 Å². The molecule has 0 spiro atoms. The highest BCUT2D eigenvalue weighted by Gasteiger charge is 2.19. The number of carbonyl (C=O) groups excluding carboxylic acids is 2. The van der Waals surface area contributed by atoms with Gasteiger partial charge in [-0.2, -0.15) is 0 Å². The second kappa shape index (κ2) is 11.5. The number of rotatable bonds is 11. The van der Waals surface area contributed by atoms with Crippen LogP contribution in [0.15, 0.2) is 0 Å². The highest BCUT2D eigenvalue weighted by Crippen LogP contribution is 2.12. The molecule has 0 aromatic rings. The Balaban J connectivity index is 3.37. The van der Waals surface area contributed by atoms with Gasteiger partial charge in [-0.25, -0.2) is 0 Å². The zero-order valence-electron chi connectivity index (χ0n) is 16.7. The average molecular weight is 342 g/mol. The van der Waals surface area contributed by atoms with Gasteiger partial charge in [0.1, 0.15) is 0 Å². The van der Waals surface area contributed by atoms with Gasteiger partial charge in [-0.05, 0) is 33.6 Å². The zero-order valence-corrected chi connectivity index (χ0v) is 16.7. The third-order valence-electron chi connectivity index (χ3n) is 3.67. The van der Waals surface area contributed by atoms with Crippen LogP contribution < -0.4 is 16.0 Å². The molecule has 24 heavy (non-hydrogen) atoms. The molecule has 0 aliphatic carbocycles. The minimum absolute atomic E-state index is 0.0241. The highest BCUT2D eigenvalue weighted by molar-refractivity contribution is 5.81. The largest absolute Gasteiger partial charge is 0.356 e. The topological polar surface area (TPSA) is 70.2 Å². The van der Waals surface area contributed by atoms with E-state index in [0.29, 0.717) is 6.54 Å². The molecule has 0 radical (unpaired) electrons. The summed E-state index contributed by atoms with van der Waals surface area (Å²) in [7, 11) is 0. The molecule has 0 aliphatic rings. The molecule has 2 amide bonds. The summed E-state index contributed by atoms with van der Waals surface area (Å²) in [5, 5.41) is 9.10. The molecule has 0 heterocycles. The van der Waals surface area contributed by atoms with E-state index in [4.69, 9.17) is 0 Å². The molecule has 0 bridgehead atoms. The average Bonchev–Trinajstić information content (AvgIpc) is 2.45. The summed E-state index contributed by atoms with van der Waals surface area (Å²) in [4.78, 5) is 23.3. The van der Waals surface area contributed by atoms with Crippen LogP contribution in [0.3, 0.4) is 0 Å². The van der Waals surface area contributed by atoms with Crippen LogP contribution in [0, 0.1) is 5.41 Å². The van der Waals surface area contributed by atoms with E-state index in [9.17, 15) is 9.59 Å². The Hall–Kier alpha value is -1.10. The van der Waals surface area contributed by atoms with Crippen LogP contribution in [0.25, 0.3) is 0 Å². The van der Waals surface area contributed by atoms with E-state index < -0.39 is 0 Å². The number of hydrogen-bond acceptors (Lipinski definition) is 3. The molecular formula is C19H39N3O2. The molecule has 5 nitrogen and oxygen atoms in total. The van der Waals surface area contributed by atoms with E-state index in [1.54, 1.807) is 0 Å². The Morgan fingerprint density at radius 3 is 1.62 bits per heavy atom. The van der Waals surface area contributed by atoms with E-state index in [1.165, 1.54) is 12.8 Å². The van der Waals surface area contributed by atoms with Crippen molar-refractivity contribution in [2.45, 2.75) is 85.6 Å². The van der Waals surface area contributed by atoms with Gasteiger partial charge in [0.25, 0.3) is 0 Å². The molecule has 0 saturated carbocycles. The second-order valence-corrected chi connectivity index (χ2v) is 8.58. The number of nitrogens with one attached hydrogen (secondary N) is 3. The van der Waals surface area contributed by atoms with E-state index in [2.05, 4.69) is 36.7 Å². The van der Waals surface area contributed by atoms with Gasteiger partial charge in [0, 0.05) is 24.0 Å². The fraction of sp³-hybridized carbons (Fsp3) is 0.895. The van der Waals surface area contributed by atoms with Crippen molar-refractivity contribution in [3.63, 3.8) is 0 Å². The molecule has 142 valence electrons. The van der Waals surface area contributed by atoms with Crippen molar-refractivity contribution in [2.75, 3.05) is 19.6 Å². The van der Waals surface area contributed by atoms with Gasteiger partial charge in [-0.3, -0.25) is 9.59 Å². The normalized spacial score (nSPS) is 12.1. The van der Waals surface area contributed by atoms with Crippen LogP contribution in [-0.4, -0.2) is 37.0 Å². The van der Waals surface area contributed by atoms with Gasteiger partial charge < -0.3 is 16.0 Å². The molecule has 5 heteroatoms. The van der Waals surface area contributed by atoms with Crippen molar-refractivity contribution in [3.05, 3.63) is 0 Å². The molecule has 3 N–H and O–H groups in total. The maximum absolute atomic E-state index is 11.7. The summed E-state index contributed by atoms with van der Waals surface area (Å²) in [6, 6.07) is 0. The monoisotopic (exact) mass is 341 g/mol. The van der Waals surface area contributed by atoms with Crippen LogP contribution in [0.5, 0.6) is 0 Å². The van der Waals surface area contributed by atoms with Crippen molar-refractivity contribution in [1.29, 1.82) is 0 Å². The maximum atomic E-state index is 11.7. The minimum Gasteiger partial charge on any atom is -0.356 e. The fourth-order valence-corrected chi connectivity index (χ4v) is 2.06. The van der Waals surface area contributed by atoms with Gasteiger partial charge in [-0.1, -0.05) is 46.5 Å². The van der Waals surface area contributed by atoms with Gasteiger partial charge in [0.15, 0.2) is 0 Å². The van der Waals surface area contributed by atoms with Gasteiger partial charge in [0.2, 0.25) is 11.8 Å². The first kappa shape index (κ1) is 22.9. The number of carbonyl (C=O) groups is 2. The minimum atomic E-state index is -0.299. The van der Waals surface area contributed by atoms with Crippen molar-refractivity contribution >= 4 is 11.8 Å². The maximum Gasteiger partial charge on any atom is 0.233 e. The first-order valence-electron chi connectivity index (χ1n) is 9.32. The lowest BCUT2D eigenvalue weighted by atomic mass is 9.96. The molecule has 0 rings (SSSR count). The Labute approximate surface area is 148 Å². The molecular weight excluding hydrogens is 302 g/mol. The summed E-state index contributed by atoms with van der Waals surface area (Å²) in [5.74, 6) is 0.193. The smallest absolute Gasteiger partial charge is 0.233 e. The van der Waals surface area contributed by atoms with Gasteiger partial charge >= 0.3 is 0 Å². The molecule has 0 saturated heterocycles. The Bertz CT molecular complexity index is 368. The van der Waals surface area contributed by atoms with E-state index in [1.807, 2.05) is 20.8 Å². The summed E-state index contributed by atoms with van der Waals surface area (Å²) in [5.41, 5.74) is -0.323. The van der Waals surface area contributed by atoms with Crippen molar-refractivity contribution < 1.29 is 9.59 Å². The fourth-order valence-electron chi connectivity index (χ4n) is 2.06. The molecule has 0 aromatic heterocycles. The summed E-state index contributed by atoms with van der Waals surface area (Å²) < 4.78 is 0. The SMILES string of the molecule is CC(C)(C)NCC(=O)NCCCCCCCCNC(=O)C(C)(C)C. The van der Waals surface area contributed by atoms with Crippen LogP contribution in [-0.2, 0) is 9.59 Å². The third-order valence-corrected chi connectivity index (χ3v) is 3.67. The first-order chi connectivity index (χ1) is 11.0. The van der Waals surface area contributed by atoms with Gasteiger partial charge in [0.05, 0.1) is 6.54 Å². The van der Waals surface area contributed by atoms with Crippen molar-refractivity contribution in [3.8, 4) is 0 Å². The molecule has 0 atom stereocenters. The first-order valence-corrected chi connectivity index (χ1v) is 9.32. The Morgan fingerprint density at radius 2 is 1.17 bits per heavy atom. The van der Waals surface area contributed by atoms with E-state index in [-0.39, 0.29) is 22.8 Å². The quantitative estimate of drug-likeness (QED) is 0.506. The molecule has 0 unspecified atom stereocenters. The summed E-state index contributed by atoms with van der Waals surface area (Å²) >= 11 is 0. The lowest BCUT2D eigenvalue weighted by Crippen LogP contribution is -2.43. The van der Waals surface area contributed by atoms with Crippen LogP contribution in [0.2, 0.25) is 0 Å². The Morgan fingerprint density at radius 1 is 0.708 bits per heavy atom. The van der Waals surface area contributed by atoms with Crippen molar-refractivity contribution in [1.82, 2.24) is 16.0 Å². The number of unbranched alkanes of at least 4 members (excludes halogenated alkanes) is 5. The lowest BCUT2D eigenvalue weighted by Gasteiger charge is -2.19. The highest BCUT2D eigenvalue weighted by atomic mass is 16.2. The standard InChI is InChI=1S/C19H39N3O2/c1-18(2,3)17(24)21-14-12-10-8-7-9-11-13-20-16(23)15-22-19(4,5)6/h22H,7-15H2,1-6H3,(H,20,23)(H,21,24).